The fourth-order valence-corrected chi connectivity index (χ4v) is 1.46. The Balaban J connectivity index is 2.95. The summed E-state index contributed by atoms with van der Waals surface area (Å²) in [7, 11) is 0. The minimum atomic E-state index is -0.716. The Kier molecular flexibility index (Phi) is 2.72. The largest absolute Gasteiger partial charge is 0.389 e. The van der Waals surface area contributed by atoms with Gasteiger partial charge in [0.1, 0.15) is 0 Å². The molecule has 0 aliphatic rings. The summed E-state index contributed by atoms with van der Waals surface area (Å²) in [6, 6.07) is 2.01. The van der Waals surface area contributed by atoms with E-state index in [1.54, 1.807) is 20.0 Å². The zero-order valence-corrected chi connectivity index (χ0v) is 9.70. The summed E-state index contributed by atoms with van der Waals surface area (Å²) in [6.45, 7) is 10.6. The van der Waals surface area contributed by atoms with Crippen molar-refractivity contribution in [2.45, 2.75) is 52.2 Å². The van der Waals surface area contributed by atoms with Gasteiger partial charge in [0.25, 0.3) is 0 Å². The molecule has 0 radical (unpaired) electrons. The molecule has 0 fully saturated rings. The number of hydrogen-bond donors (Lipinski definition) is 1. The molecule has 0 aromatic carbocycles. The van der Waals surface area contributed by atoms with Gasteiger partial charge in [-0.15, -0.1) is 0 Å². The van der Waals surface area contributed by atoms with Crippen LogP contribution in [0.1, 0.15) is 40.3 Å². The summed E-state index contributed by atoms with van der Waals surface area (Å²) >= 11 is 0. The van der Waals surface area contributed by atoms with E-state index in [9.17, 15) is 5.11 Å². The maximum atomic E-state index is 9.72. The van der Waals surface area contributed by atoms with Crippen LogP contribution in [0.2, 0.25) is 0 Å². The van der Waals surface area contributed by atoms with Crippen LogP contribution in [0.5, 0.6) is 0 Å². The molecule has 1 rings (SSSR count). The minimum Gasteiger partial charge on any atom is -0.389 e. The Labute approximate surface area is 85.8 Å². The second-order valence-corrected chi connectivity index (χ2v) is 5.44. The maximum Gasteiger partial charge on any atom is 0.0786 e. The van der Waals surface area contributed by atoms with E-state index in [0.29, 0.717) is 6.54 Å². The van der Waals surface area contributed by atoms with Crippen molar-refractivity contribution in [2.24, 2.45) is 0 Å². The highest BCUT2D eigenvalue weighted by Crippen LogP contribution is 2.22. The van der Waals surface area contributed by atoms with Crippen LogP contribution in [-0.2, 0) is 12.0 Å². The molecule has 0 saturated heterocycles. The number of hydrogen-bond acceptors (Lipinski definition) is 2. The third kappa shape index (κ3) is 2.84. The fraction of sp³-hybridized carbons (Fsp3) is 0.727. The molecule has 1 heterocycles. The SMILES string of the molecule is CC(C)(O)Cn1nccc1C(C)(C)C. The first-order valence-electron chi connectivity index (χ1n) is 4.95. The number of rotatable bonds is 2. The molecule has 1 aromatic rings. The van der Waals surface area contributed by atoms with Crippen molar-refractivity contribution in [3.05, 3.63) is 18.0 Å². The lowest BCUT2D eigenvalue weighted by Gasteiger charge is -2.24. The van der Waals surface area contributed by atoms with Gasteiger partial charge in [-0.1, -0.05) is 20.8 Å². The minimum absolute atomic E-state index is 0.0712. The van der Waals surface area contributed by atoms with E-state index in [0.717, 1.165) is 5.69 Å². The highest BCUT2D eigenvalue weighted by atomic mass is 16.3. The van der Waals surface area contributed by atoms with Crippen molar-refractivity contribution < 1.29 is 5.11 Å². The Morgan fingerprint density at radius 1 is 1.29 bits per heavy atom. The molecular weight excluding hydrogens is 176 g/mol. The number of aliphatic hydroxyl groups is 1. The van der Waals surface area contributed by atoms with Crippen LogP contribution in [0.15, 0.2) is 12.3 Å². The molecule has 14 heavy (non-hydrogen) atoms. The van der Waals surface area contributed by atoms with E-state index in [4.69, 9.17) is 0 Å². The lowest BCUT2D eigenvalue weighted by Crippen LogP contribution is -2.30. The molecule has 0 aliphatic heterocycles. The van der Waals surface area contributed by atoms with E-state index in [1.165, 1.54) is 0 Å². The summed E-state index contributed by atoms with van der Waals surface area (Å²) in [5, 5.41) is 13.9. The van der Waals surface area contributed by atoms with Gasteiger partial charge in [-0.2, -0.15) is 5.10 Å². The Bertz CT molecular complexity index is 302. The molecule has 1 N–H and O–H groups in total. The molecule has 0 saturated carbocycles. The van der Waals surface area contributed by atoms with Gasteiger partial charge in [-0.05, 0) is 19.9 Å². The summed E-state index contributed by atoms with van der Waals surface area (Å²) in [5.74, 6) is 0. The smallest absolute Gasteiger partial charge is 0.0786 e. The highest BCUT2D eigenvalue weighted by molar-refractivity contribution is 5.12. The third-order valence-corrected chi connectivity index (χ3v) is 2.02. The average Bonchev–Trinajstić information content (AvgIpc) is 2.29. The molecule has 0 unspecified atom stereocenters. The molecule has 1 aromatic heterocycles. The summed E-state index contributed by atoms with van der Waals surface area (Å²) in [4.78, 5) is 0. The van der Waals surface area contributed by atoms with Gasteiger partial charge in [0.2, 0.25) is 0 Å². The topological polar surface area (TPSA) is 38.0 Å². The average molecular weight is 196 g/mol. The molecule has 0 bridgehead atoms. The zero-order chi connectivity index (χ0) is 11.0. The van der Waals surface area contributed by atoms with Crippen LogP contribution >= 0.6 is 0 Å². The lowest BCUT2D eigenvalue weighted by molar-refractivity contribution is 0.0559. The quantitative estimate of drug-likeness (QED) is 0.785. The first kappa shape index (κ1) is 11.2. The van der Waals surface area contributed by atoms with Crippen molar-refractivity contribution in [3.63, 3.8) is 0 Å². The molecule has 0 atom stereocenters. The highest BCUT2D eigenvalue weighted by Gasteiger charge is 2.22. The molecule has 3 heteroatoms. The first-order chi connectivity index (χ1) is 6.20. The van der Waals surface area contributed by atoms with Crippen LogP contribution in [0.25, 0.3) is 0 Å². The van der Waals surface area contributed by atoms with E-state index in [2.05, 4.69) is 25.9 Å². The zero-order valence-electron chi connectivity index (χ0n) is 9.70. The number of aromatic nitrogens is 2. The summed E-state index contributed by atoms with van der Waals surface area (Å²) in [6.07, 6.45) is 1.78. The summed E-state index contributed by atoms with van der Waals surface area (Å²) in [5.41, 5.74) is 0.507. The Morgan fingerprint density at radius 3 is 2.29 bits per heavy atom. The monoisotopic (exact) mass is 196 g/mol. The van der Waals surface area contributed by atoms with Gasteiger partial charge < -0.3 is 5.11 Å². The standard InChI is InChI=1S/C11H20N2O/c1-10(2,3)9-6-7-12-13(9)8-11(4,5)14/h6-7,14H,8H2,1-5H3. The van der Waals surface area contributed by atoms with Gasteiger partial charge in [0.15, 0.2) is 0 Å². The third-order valence-electron chi connectivity index (χ3n) is 2.02. The van der Waals surface area contributed by atoms with Gasteiger partial charge in [0.05, 0.1) is 12.1 Å². The molecule has 80 valence electrons. The predicted octanol–water partition coefficient (Wildman–Crippen LogP) is 1.95. The maximum absolute atomic E-state index is 9.72. The van der Waals surface area contributed by atoms with E-state index in [1.807, 2.05) is 10.7 Å². The van der Waals surface area contributed by atoms with Gasteiger partial charge in [-0.25, -0.2) is 0 Å². The number of nitrogens with zero attached hydrogens (tertiary/aromatic N) is 2. The molecule has 0 spiro atoms. The molecule has 3 nitrogen and oxygen atoms in total. The van der Waals surface area contributed by atoms with E-state index < -0.39 is 5.60 Å². The van der Waals surface area contributed by atoms with Crippen LogP contribution in [0, 0.1) is 0 Å². The van der Waals surface area contributed by atoms with Gasteiger partial charge in [-0.3, -0.25) is 4.68 Å². The van der Waals surface area contributed by atoms with E-state index >= 15 is 0 Å². The first-order valence-corrected chi connectivity index (χ1v) is 4.95. The second-order valence-electron chi connectivity index (χ2n) is 5.44. The summed E-state index contributed by atoms with van der Waals surface area (Å²) < 4.78 is 1.88. The van der Waals surface area contributed by atoms with Crippen LogP contribution in [-0.4, -0.2) is 20.5 Å². The fourth-order valence-electron chi connectivity index (χ4n) is 1.46. The second kappa shape index (κ2) is 3.39. The van der Waals surface area contributed by atoms with Crippen molar-refractivity contribution in [1.29, 1.82) is 0 Å². The molecule has 0 aliphatic carbocycles. The molecular formula is C11H20N2O. The van der Waals surface area contributed by atoms with E-state index in [-0.39, 0.29) is 5.41 Å². The van der Waals surface area contributed by atoms with Crippen LogP contribution in [0.3, 0.4) is 0 Å². The Morgan fingerprint density at radius 2 is 1.86 bits per heavy atom. The van der Waals surface area contributed by atoms with Crippen molar-refractivity contribution in [2.75, 3.05) is 0 Å². The van der Waals surface area contributed by atoms with Crippen molar-refractivity contribution >= 4 is 0 Å². The van der Waals surface area contributed by atoms with Gasteiger partial charge >= 0.3 is 0 Å². The predicted molar refractivity (Wildman–Crippen MR) is 57.2 cm³/mol. The van der Waals surface area contributed by atoms with Crippen molar-refractivity contribution in [1.82, 2.24) is 9.78 Å². The van der Waals surface area contributed by atoms with Crippen molar-refractivity contribution in [3.8, 4) is 0 Å². The lowest BCUT2D eigenvalue weighted by atomic mass is 9.92. The van der Waals surface area contributed by atoms with Crippen LogP contribution < -0.4 is 0 Å². The van der Waals surface area contributed by atoms with Gasteiger partial charge in [0, 0.05) is 17.3 Å². The molecule has 0 amide bonds. The van der Waals surface area contributed by atoms with Crippen LogP contribution in [0.4, 0.5) is 0 Å². The normalized spacial score (nSPS) is 13.3. The Hall–Kier alpha value is -0.830.